The molecule has 1 heterocycles. The summed E-state index contributed by atoms with van der Waals surface area (Å²) < 4.78 is 0. The van der Waals surface area contributed by atoms with E-state index in [0.717, 1.165) is 6.42 Å². The Labute approximate surface area is 74.8 Å². The van der Waals surface area contributed by atoms with Crippen molar-refractivity contribution in [3.8, 4) is 0 Å². The molecule has 0 aliphatic rings. The summed E-state index contributed by atoms with van der Waals surface area (Å²) in [5, 5.41) is 0. The fourth-order valence-corrected chi connectivity index (χ4v) is 1.11. The molecule has 0 amide bonds. The van der Waals surface area contributed by atoms with E-state index in [0.29, 0.717) is 0 Å². The van der Waals surface area contributed by atoms with E-state index in [9.17, 15) is 0 Å². The van der Waals surface area contributed by atoms with Crippen LogP contribution >= 0.6 is 0 Å². The summed E-state index contributed by atoms with van der Waals surface area (Å²) in [4.78, 5) is 4.36. The molecule has 1 rings (SSSR count). The summed E-state index contributed by atoms with van der Waals surface area (Å²) in [5.41, 5.74) is 2.41. The number of unbranched alkanes of at least 4 members (excludes halogenated alkanes) is 1. The zero-order valence-electron chi connectivity index (χ0n) is 7.88. The molecule has 1 heteroatoms. The van der Waals surface area contributed by atoms with Crippen molar-refractivity contribution in [3.05, 3.63) is 36.0 Å². The minimum atomic E-state index is 1.11. The van der Waals surface area contributed by atoms with Crippen LogP contribution in [0.4, 0.5) is 0 Å². The maximum Gasteiger partial charge on any atom is 0.0403 e. The second-order valence-electron chi connectivity index (χ2n) is 2.98. The molecule has 1 radical (unpaired) electrons. The summed E-state index contributed by atoms with van der Waals surface area (Å²) in [7, 11) is 0. The number of hydrogen-bond donors (Lipinski definition) is 0. The third-order valence-electron chi connectivity index (χ3n) is 1.97. The molecular formula is C11H16N. The maximum absolute atomic E-state index is 4.36. The first-order valence-corrected chi connectivity index (χ1v) is 4.61. The highest BCUT2D eigenvalue weighted by Gasteiger charge is 1.93. The predicted octanol–water partition coefficient (Wildman–Crippen LogP) is 3.00. The molecule has 0 N–H and O–H groups in total. The van der Waals surface area contributed by atoms with Crippen molar-refractivity contribution in [2.24, 2.45) is 0 Å². The van der Waals surface area contributed by atoms with E-state index in [1.54, 1.807) is 0 Å². The topological polar surface area (TPSA) is 12.9 Å². The lowest BCUT2D eigenvalue weighted by atomic mass is 10.1. The Hall–Kier alpha value is -0.850. The van der Waals surface area contributed by atoms with Gasteiger partial charge in [0.1, 0.15) is 0 Å². The van der Waals surface area contributed by atoms with Gasteiger partial charge in [-0.15, -0.1) is 0 Å². The first kappa shape index (κ1) is 9.24. The van der Waals surface area contributed by atoms with Crippen LogP contribution in [0.2, 0.25) is 0 Å². The molecule has 1 aromatic rings. The van der Waals surface area contributed by atoms with Crippen LogP contribution in [0.1, 0.15) is 37.9 Å². The van der Waals surface area contributed by atoms with Crippen molar-refractivity contribution >= 4 is 0 Å². The number of aryl methyl sites for hydroxylation is 1. The average Bonchev–Trinajstić information content (AvgIpc) is 2.15. The second kappa shape index (κ2) is 4.91. The number of pyridine rings is 1. The minimum absolute atomic E-state index is 1.11. The van der Waals surface area contributed by atoms with Gasteiger partial charge in [-0.1, -0.05) is 26.3 Å². The molecule has 0 bridgehead atoms. The highest BCUT2D eigenvalue weighted by Crippen LogP contribution is 2.05. The van der Waals surface area contributed by atoms with Gasteiger partial charge in [-0.25, -0.2) is 0 Å². The van der Waals surface area contributed by atoms with Crippen molar-refractivity contribution in [1.29, 1.82) is 0 Å². The monoisotopic (exact) mass is 162 g/mol. The highest BCUT2D eigenvalue weighted by molar-refractivity contribution is 5.20. The fourth-order valence-electron chi connectivity index (χ4n) is 1.11. The smallest absolute Gasteiger partial charge is 0.0403 e. The Kier molecular flexibility index (Phi) is 3.78. The molecule has 65 valence electrons. The molecule has 0 saturated heterocycles. The number of nitrogens with zero attached hydrogens (tertiary/aromatic N) is 1. The summed E-state index contributed by atoms with van der Waals surface area (Å²) >= 11 is 0. The molecule has 0 aliphatic heterocycles. The summed E-state index contributed by atoms with van der Waals surface area (Å²) in [6.07, 6.45) is 7.59. The van der Waals surface area contributed by atoms with E-state index in [-0.39, 0.29) is 0 Å². The fraction of sp³-hybridized carbons (Fsp3) is 0.455. The first-order chi connectivity index (χ1) is 5.86. The quantitative estimate of drug-likeness (QED) is 0.663. The summed E-state index contributed by atoms with van der Waals surface area (Å²) in [6.45, 7) is 4.23. The Morgan fingerprint density at radius 2 is 2.25 bits per heavy atom. The summed E-state index contributed by atoms with van der Waals surface area (Å²) in [6, 6.07) is 4.24. The SMILES string of the molecule is C[CH]c1ccc(CCCC)nc1. The predicted molar refractivity (Wildman–Crippen MR) is 51.9 cm³/mol. The Morgan fingerprint density at radius 3 is 2.75 bits per heavy atom. The van der Waals surface area contributed by atoms with Gasteiger partial charge in [0, 0.05) is 11.9 Å². The number of aromatic nitrogens is 1. The Bertz CT molecular complexity index is 213. The normalized spacial score (nSPS) is 10.2. The van der Waals surface area contributed by atoms with Crippen LogP contribution in [0, 0.1) is 6.42 Å². The second-order valence-corrected chi connectivity index (χ2v) is 2.98. The molecule has 0 aliphatic carbocycles. The van der Waals surface area contributed by atoms with Gasteiger partial charge in [-0.05, 0) is 30.9 Å². The third kappa shape index (κ3) is 2.65. The van der Waals surface area contributed by atoms with Gasteiger partial charge >= 0.3 is 0 Å². The molecule has 1 nitrogen and oxygen atoms in total. The Morgan fingerprint density at radius 1 is 1.42 bits per heavy atom. The van der Waals surface area contributed by atoms with Gasteiger partial charge in [0.15, 0.2) is 0 Å². The van der Waals surface area contributed by atoms with Crippen LogP contribution in [-0.4, -0.2) is 4.98 Å². The standard InChI is InChI=1S/C11H16N/c1-3-5-6-11-8-7-10(4-2)9-12-11/h4,7-9H,3,5-6H2,1-2H3. The van der Waals surface area contributed by atoms with Crippen molar-refractivity contribution in [2.75, 3.05) is 0 Å². The number of hydrogen-bond acceptors (Lipinski definition) is 1. The largest absolute Gasteiger partial charge is 0.261 e. The van der Waals surface area contributed by atoms with Crippen molar-refractivity contribution in [2.45, 2.75) is 33.1 Å². The molecule has 0 unspecified atom stereocenters. The molecule has 12 heavy (non-hydrogen) atoms. The van der Waals surface area contributed by atoms with Crippen molar-refractivity contribution < 1.29 is 0 Å². The lowest BCUT2D eigenvalue weighted by molar-refractivity contribution is 0.776. The van der Waals surface area contributed by atoms with Gasteiger partial charge in [-0.2, -0.15) is 0 Å². The molecular weight excluding hydrogens is 146 g/mol. The van der Waals surface area contributed by atoms with Crippen LogP contribution in [0.15, 0.2) is 18.3 Å². The molecule has 0 fully saturated rings. The summed E-state index contributed by atoms with van der Waals surface area (Å²) in [5.74, 6) is 0. The highest BCUT2D eigenvalue weighted by atomic mass is 14.7. The van der Waals surface area contributed by atoms with Crippen molar-refractivity contribution in [3.63, 3.8) is 0 Å². The maximum atomic E-state index is 4.36. The van der Waals surface area contributed by atoms with Gasteiger partial charge in [0.2, 0.25) is 0 Å². The lowest BCUT2D eigenvalue weighted by Crippen LogP contribution is -1.90. The average molecular weight is 162 g/mol. The van der Waals surface area contributed by atoms with E-state index >= 15 is 0 Å². The van der Waals surface area contributed by atoms with Gasteiger partial charge in [-0.3, -0.25) is 4.98 Å². The molecule has 0 saturated carbocycles. The van der Waals surface area contributed by atoms with E-state index in [1.807, 2.05) is 13.1 Å². The van der Waals surface area contributed by atoms with E-state index in [1.165, 1.54) is 24.1 Å². The molecule has 0 spiro atoms. The zero-order chi connectivity index (χ0) is 8.81. The van der Waals surface area contributed by atoms with Gasteiger partial charge in [0.25, 0.3) is 0 Å². The third-order valence-corrected chi connectivity index (χ3v) is 1.97. The van der Waals surface area contributed by atoms with Crippen LogP contribution in [0.5, 0.6) is 0 Å². The molecule has 1 aromatic heterocycles. The van der Waals surface area contributed by atoms with E-state index in [4.69, 9.17) is 0 Å². The van der Waals surface area contributed by atoms with E-state index in [2.05, 4.69) is 30.5 Å². The molecule has 0 aromatic carbocycles. The van der Waals surface area contributed by atoms with Crippen LogP contribution in [-0.2, 0) is 6.42 Å². The number of rotatable bonds is 4. The lowest BCUT2D eigenvalue weighted by Gasteiger charge is -1.99. The van der Waals surface area contributed by atoms with Gasteiger partial charge in [0.05, 0.1) is 0 Å². The first-order valence-electron chi connectivity index (χ1n) is 4.61. The van der Waals surface area contributed by atoms with E-state index < -0.39 is 0 Å². The van der Waals surface area contributed by atoms with Gasteiger partial charge < -0.3 is 0 Å². The molecule has 0 atom stereocenters. The van der Waals surface area contributed by atoms with Crippen LogP contribution in [0.25, 0.3) is 0 Å². The van der Waals surface area contributed by atoms with Crippen molar-refractivity contribution in [1.82, 2.24) is 4.98 Å². The Balaban J connectivity index is 2.53. The minimum Gasteiger partial charge on any atom is -0.261 e. The zero-order valence-corrected chi connectivity index (χ0v) is 7.88. The van der Waals surface area contributed by atoms with Crippen LogP contribution in [0.3, 0.4) is 0 Å². The van der Waals surface area contributed by atoms with Crippen LogP contribution < -0.4 is 0 Å².